The first-order valence-corrected chi connectivity index (χ1v) is 6.56. The van der Waals surface area contributed by atoms with E-state index in [0.717, 1.165) is 22.7 Å². The van der Waals surface area contributed by atoms with E-state index in [1.165, 1.54) is 11.3 Å². The predicted octanol–water partition coefficient (Wildman–Crippen LogP) is 1.11. The molecule has 1 aliphatic rings. The zero-order valence-corrected chi connectivity index (χ0v) is 10.8. The summed E-state index contributed by atoms with van der Waals surface area (Å²) in [4.78, 5) is 27.7. The quantitative estimate of drug-likeness (QED) is 0.747. The zero-order chi connectivity index (χ0) is 13.1. The molecular weight excluding hydrogens is 254 g/mol. The molecule has 1 aromatic rings. The molecule has 1 fully saturated rings. The highest BCUT2D eigenvalue weighted by molar-refractivity contribution is 7.11. The third-order valence-corrected chi connectivity index (χ3v) is 3.63. The van der Waals surface area contributed by atoms with Gasteiger partial charge in [-0.05, 0) is 25.7 Å². The van der Waals surface area contributed by atoms with Crippen molar-refractivity contribution in [3.05, 3.63) is 16.1 Å². The average Bonchev–Trinajstić information content (AvgIpc) is 3.06. The number of aryl methyl sites for hydroxylation is 1. The number of nitrogens with one attached hydrogen (secondary N) is 2. The molecular formula is C11H15N3O3S. The van der Waals surface area contributed by atoms with Gasteiger partial charge in [-0.15, -0.1) is 11.3 Å². The number of thiazole rings is 1. The predicted molar refractivity (Wildman–Crippen MR) is 66.4 cm³/mol. The van der Waals surface area contributed by atoms with E-state index in [0.29, 0.717) is 6.54 Å². The van der Waals surface area contributed by atoms with Crippen LogP contribution in [0.5, 0.6) is 0 Å². The summed E-state index contributed by atoms with van der Waals surface area (Å²) in [6.07, 6.45) is 3.47. The summed E-state index contributed by atoms with van der Waals surface area (Å²) in [6, 6.07) is -1.23. The lowest BCUT2D eigenvalue weighted by molar-refractivity contribution is -0.139. The Hall–Kier alpha value is -1.63. The number of carbonyl (C=O) groups is 2. The standard InChI is InChI=1S/C11H15N3O3S/c1-6-4-12-8(18-6)5-13-11(17)14-9(10(15)16)7-2-3-7/h4,7,9H,2-3,5H2,1H3,(H,15,16)(H2,13,14,17). The van der Waals surface area contributed by atoms with Crippen molar-refractivity contribution in [1.29, 1.82) is 0 Å². The van der Waals surface area contributed by atoms with Gasteiger partial charge in [-0.2, -0.15) is 0 Å². The summed E-state index contributed by atoms with van der Waals surface area (Å²) >= 11 is 1.50. The number of carboxylic acid groups (broad SMARTS) is 1. The monoisotopic (exact) mass is 269 g/mol. The van der Waals surface area contributed by atoms with Gasteiger partial charge in [0.15, 0.2) is 0 Å². The molecule has 0 spiro atoms. The molecule has 1 atom stereocenters. The van der Waals surface area contributed by atoms with Gasteiger partial charge in [-0.1, -0.05) is 0 Å². The lowest BCUT2D eigenvalue weighted by atomic mass is 10.2. The normalized spacial score (nSPS) is 16.1. The van der Waals surface area contributed by atoms with Crippen LogP contribution >= 0.6 is 11.3 Å². The number of hydrogen-bond donors (Lipinski definition) is 3. The SMILES string of the molecule is Cc1cnc(CNC(=O)NC(C(=O)O)C2CC2)s1. The summed E-state index contributed by atoms with van der Waals surface area (Å²) in [5.41, 5.74) is 0. The molecule has 0 saturated heterocycles. The molecule has 2 rings (SSSR count). The van der Waals surface area contributed by atoms with Crippen LogP contribution in [-0.2, 0) is 11.3 Å². The van der Waals surface area contributed by atoms with Crippen LogP contribution in [0.2, 0.25) is 0 Å². The number of aliphatic carboxylic acids is 1. The van der Waals surface area contributed by atoms with E-state index in [1.807, 2.05) is 6.92 Å². The summed E-state index contributed by atoms with van der Waals surface area (Å²) in [5.74, 6) is -0.895. The van der Waals surface area contributed by atoms with Crippen molar-refractivity contribution in [2.75, 3.05) is 0 Å². The first-order valence-electron chi connectivity index (χ1n) is 5.74. The number of aromatic nitrogens is 1. The highest BCUT2D eigenvalue weighted by atomic mass is 32.1. The molecule has 2 amide bonds. The van der Waals surface area contributed by atoms with E-state index < -0.39 is 18.0 Å². The van der Waals surface area contributed by atoms with E-state index in [4.69, 9.17) is 5.11 Å². The van der Waals surface area contributed by atoms with Crippen LogP contribution in [-0.4, -0.2) is 28.1 Å². The van der Waals surface area contributed by atoms with Crippen molar-refractivity contribution >= 4 is 23.3 Å². The van der Waals surface area contributed by atoms with Gasteiger partial charge in [0.2, 0.25) is 0 Å². The fraction of sp³-hybridized carbons (Fsp3) is 0.545. The number of urea groups is 1. The van der Waals surface area contributed by atoms with Crippen molar-refractivity contribution in [2.24, 2.45) is 5.92 Å². The van der Waals surface area contributed by atoms with Crippen molar-refractivity contribution in [3.63, 3.8) is 0 Å². The molecule has 1 unspecified atom stereocenters. The number of hydrogen-bond acceptors (Lipinski definition) is 4. The third kappa shape index (κ3) is 3.43. The summed E-state index contributed by atoms with van der Waals surface area (Å²) in [5, 5.41) is 14.9. The van der Waals surface area contributed by atoms with Crippen LogP contribution in [0.25, 0.3) is 0 Å². The smallest absolute Gasteiger partial charge is 0.326 e. The molecule has 0 aromatic carbocycles. The van der Waals surface area contributed by atoms with Gasteiger partial charge in [0, 0.05) is 11.1 Å². The first kappa shape index (κ1) is 12.8. The Kier molecular flexibility index (Phi) is 3.81. The molecule has 0 aliphatic heterocycles. The highest BCUT2D eigenvalue weighted by Crippen LogP contribution is 2.32. The van der Waals surface area contributed by atoms with Crippen LogP contribution in [0.4, 0.5) is 4.79 Å². The minimum absolute atomic E-state index is 0.0790. The minimum atomic E-state index is -0.974. The van der Waals surface area contributed by atoms with Gasteiger partial charge in [0.1, 0.15) is 11.0 Å². The van der Waals surface area contributed by atoms with Gasteiger partial charge in [0.05, 0.1) is 6.54 Å². The average molecular weight is 269 g/mol. The molecule has 0 radical (unpaired) electrons. The first-order chi connectivity index (χ1) is 8.56. The Balaban J connectivity index is 1.79. The molecule has 1 aliphatic carbocycles. The minimum Gasteiger partial charge on any atom is -0.480 e. The number of nitrogens with zero attached hydrogens (tertiary/aromatic N) is 1. The van der Waals surface area contributed by atoms with Gasteiger partial charge >= 0.3 is 12.0 Å². The molecule has 1 heterocycles. The van der Waals surface area contributed by atoms with E-state index in [-0.39, 0.29) is 5.92 Å². The van der Waals surface area contributed by atoms with E-state index >= 15 is 0 Å². The van der Waals surface area contributed by atoms with Crippen LogP contribution in [0.1, 0.15) is 22.7 Å². The Bertz CT molecular complexity index is 456. The lowest BCUT2D eigenvalue weighted by Crippen LogP contribution is -2.46. The summed E-state index contributed by atoms with van der Waals surface area (Å²) < 4.78 is 0. The topological polar surface area (TPSA) is 91.3 Å². The van der Waals surface area contributed by atoms with Gasteiger partial charge < -0.3 is 15.7 Å². The third-order valence-electron chi connectivity index (χ3n) is 2.72. The number of rotatable bonds is 5. The zero-order valence-electron chi connectivity index (χ0n) is 9.97. The number of carbonyl (C=O) groups excluding carboxylic acids is 1. The Morgan fingerprint density at radius 3 is 2.83 bits per heavy atom. The second-order valence-corrected chi connectivity index (χ2v) is 5.66. The largest absolute Gasteiger partial charge is 0.480 e. The molecule has 7 heteroatoms. The molecule has 3 N–H and O–H groups in total. The van der Waals surface area contributed by atoms with Crippen molar-refractivity contribution in [3.8, 4) is 0 Å². The summed E-state index contributed by atoms with van der Waals surface area (Å²) in [7, 11) is 0. The van der Waals surface area contributed by atoms with Crippen LogP contribution in [0.15, 0.2) is 6.20 Å². The van der Waals surface area contributed by atoms with Crippen LogP contribution in [0.3, 0.4) is 0 Å². The van der Waals surface area contributed by atoms with E-state index in [2.05, 4.69) is 15.6 Å². The molecule has 1 saturated carbocycles. The fourth-order valence-corrected chi connectivity index (χ4v) is 2.37. The van der Waals surface area contributed by atoms with Gasteiger partial charge in [0.25, 0.3) is 0 Å². The van der Waals surface area contributed by atoms with Gasteiger partial charge in [-0.3, -0.25) is 0 Å². The molecule has 6 nitrogen and oxygen atoms in total. The van der Waals surface area contributed by atoms with Crippen LogP contribution in [0, 0.1) is 12.8 Å². The molecule has 0 bridgehead atoms. The maximum atomic E-state index is 11.6. The van der Waals surface area contributed by atoms with E-state index in [9.17, 15) is 9.59 Å². The maximum absolute atomic E-state index is 11.6. The van der Waals surface area contributed by atoms with Crippen molar-refractivity contribution < 1.29 is 14.7 Å². The maximum Gasteiger partial charge on any atom is 0.326 e. The van der Waals surface area contributed by atoms with Crippen molar-refractivity contribution in [1.82, 2.24) is 15.6 Å². The summed E-state index contributed by atoms with van der Waals surface area (Å²) in [6.45, 7) is 2.26. The van der Waals surface area contributed by atoms with Crippen molar-refractivity contribution in [2.45, 2.75) is 32.4 Å². The molecule has 1 aromatic heterocycles. The number of amides is 2. The number of carboxylic acids is 1. The van der Waals surface area contributed by atoms with Gasteiger partial charge in [-0.25, -0.2) is 14.6 Å². The molecule has 98 valence electrons. The Morgan fingerprint density at radius 2 is 2.33 bits per heavy atom. The second kappa shape index (κ2) is 5.34. The Labute approximate surface area is 108 Å². The molecule has 18 heavy (non-hydrogen) atoms. The van der Waals surface area contributed by atoms with Crippen LogP contribution < -0.4 is 10.6 Å². The highest BCUT2D eigenvalue weighted by Gasteiger charge is 2.37. The fourth-order valence-electron chi connectivity index (χ4n) is 1.64. The van der Waals surface area contributed by atoms with E-state index in [1.54, 1.807) is 6.20 Å². The lowest BCUT2D eigenvalue weighted by Gasteiger charge is -2.13. The second-order valence-electron chi connectivity index (χ2n) is 4.35. The Morgan fingerprint density at radius 1 is 1.61 bits per heavy atom.